The Hall–Kier alpha value is -1.57. The second-order valence-electron chi connectivity index (χ2n) is 3.96. The van der Waals surface area contributed by atoms with Gasteiger partial charge in [0.1, 0.15) is 5.76 Å². The second-order valence-corrected chi connectivity index (χ2v) is 3.96. The smallest absolute Gasteiger partial charge is 0.159 e. The van der Waals surface area contributed by atoms with E-state index in [2.05, 4.69) is 0 Å². The van der Waals surface area contributed by atoms with Crippen LogP contribution in [0.15, 0.2) is 36.4 Å². The Bertz CT molecular complexity index is 350. The number of aliphatic hydroxyl groups is 1. The molecule has 0 atom stereocenters. The quantitative estimate of drug-likeness (QED) is 0.604. The van der Waals surface area contributed by atoms with Gasteiger partial charge in [0.05, 0.1) is 0 Å². The molecule has 0 fully saturated rings. The van der Waals surface area contributed by atoms with Gasteiger partial charge in [-0.25, -0.2) is 0 Å². The number of carbonyl (C=O) groups is 1. The molecule has 0 aliphatic heterocycles. The third-order valence-corrected chi connectivity index (χ3v) is 1.98. The summed E-state index contributed by atoms with van der Waals surface area (Å²) in [4.78, 5) is 11.4. The molecule has 1 N–H and O–H groups in total. The van der Waals surface area contributed by atoms with E-state index in [1.54, 1.807) is 12.1 Å². The van der Waals surface area contributed by atoms with Crippen LogP contribution in [0, 0.1) is 5.92 Å². The molecule has 0 saturated heterocycles. The molecule has 0 spiro atoms. The Kier molecular flexibility index (Phi) is 4.10. The van der Waals surface area contributed by atoms with E-state index in [0.717, 1.165) is 0 Å². The van der Waals surface area contributed by atoms with Gasteiger partial charge < -0.3 is 5.11 Å². The number of hydrogen-bond donors (Lipinski definition) is 1. The van der Waals surface area contributed by atoms with E-state index >= 15 is 0 Å². The molecule has 0 bridgehead atoms. The van der Waals surface area contributed by atoms with Crippen molar-refractivity contribution < 1.29 is 9.90 Å². The lowest BCUT2D eigenvalue weighted by Gasteiger charge is -2.01. The van der Waals surface area contributed by atoms with E-state index in [1.807, 2.05) is 32.0 Å². The van der Waals surface area contributed by atoms with E-state index in [-0.39, 0.29) is 11.5 Å². The van der Waals surface area contributed by atoms with Gasteiger partial charge in [-0.05, 0) is 5.92 Å². The van der Waals surface area contributed by atoms with Gasteiger partial charge >= 0.3 is 0 Å². The first-order valence-electron chi connectivity index (χ1n) is 5.08. The Morgan fingerprint density at radius 2 is 1.93 bits per heavy atom. The van der Waals surface area contributed by atoms with Crippen LogP contribution in [0.3, 0.4) is 0 Å². The van der Waals surface area contributed by atoms with Crippen LogP contribution >= 0.6 is 0 Å². The van der Waals surface area contributed by atoms with Gasteiger partial charge in [0.15, 0.2) is 5.78 Å². The molecule has 0 aromatic heterocycles. The number of aliphatic hydroxyl groups excluding tert-OH is 1. The molecule has 0 amide bonds. The summed E-state index contributed by atoms with van der Waals surface area (Å²) in [6.45, 7) is 3.95. The van der Waals surface area contributed by atoms with Gasteiger partial charge in [-0.1, -0.05) is 44.2 Å². The molecule has 0 aliphatic carbocycles. The maximum Gasteiger partial charge on any atom is 0.159 e. The Morgan fingerprint density at radius 1 is 1.33 bits per heavy atom. The summed E-state index contributed by atoms with van der Waals surface area (Å²) in [6, 6.07) is 9.06. The van der Waals surface area contributed by atoms with Gasteiger partial charge in [0, 0.05) is 18.1 Å². The van der Waals surface area contributed by atoms with Gasteiger partial charge in [-0.3, -0.25) is 4.79 Å². The van der Waals surface area contributed by atoms with E-state index < -0.39 is 0 Å². The third-order valence-electron chi connectivity index (χ3n) is 1.98. The summed E-state index contributed by atoms with van der Waals surface area (Å²) in [5.74, 6) is 0.324. The number of hydrogen-bond acceptors (Lipinski definition) is 2. The van der Waals surface area contributed by atoms with Gasteiger partial charge in [-0.15, -0.1) is 0 Å². The molecule has 1 aromatic rings. The zero-order chi connectivity index (χ0) is 11.3. The highest BCUT2D eigenvalue weighted by Gasteiger charge is 2.04. The molecule has 2 heteroatoms. The Labute approximate surface area is 90.3 Å². The van der Waals surface area contributed by atoms with Crippen molar-refractivity contribution in [3.8, 4) is 0 Å². The lowest BCUT2D eigenvalue weighted by molar-refractivity contribution is -0.115. The lowest BCUT2D eigenvalue weighted by atomic mass is 10.1. The molecule has 80 valence electrons. The summed E-state index contributed by atoms with van der Waals surface area (Å²) >= 11 is 0. The number of ketones is 1. The minimum absolute atomic E-state index is 0.0358. The molecule has 0 heterocycles. The molecule has 0 radical (unpaired) electrons. The van der Waals surface area contributed by atoms with Crippen molar-refractivity contribution in [3.05, 3.63) is 42.0 Å². The molecular formula is C13H16O2. The first-order chi connectivity index (χ1) is 7.09. The predicted molar refractivity (Wildman–Crippen MR) is 61.5 cm³/mol. The molecular weight excluding hydrogens is 188 g/mol. The van der Waals surface area contributed by atoms with Crippen molar-refractivity contribution in [2.45, 2.75) is 20.3 Å². The van der Waals surface area contributed by atoms with Crippen LogP contribution in [-0.4, -0.2) is 10.9 Å². The van der Waals surface area contributed by atoms with Crippen LogP contribution in [-0.2, 0) is 4.79 Å². The molecule has 0 aliphatic rings. The normalized spacial score (nSPS) is 11.8. The summed E-state index contributed by atoms with van der Waals surface area (Å²) in [7, 11) is 0. The first-order valence-corrected chi connectivity index (χ1v) is 5.08. The first kappa shape index (κ1) is 11.5. The summed E-state index contributed by atoms with van der Waals surface area (Å²) in [6.07, 6.45) is 1.77. The highest BCUT2D eigenvalue weighted by molar-refractivity contribution is 5.95. The van der Waals surface area contributed by atoms with Gasteiger partial charge in [-0.2, -0.15) is 0 Å². The Morgan fingerprint density at radius 3 is 2.47 bits per heavy atom. The minimum Gasteiger partial charge on any atom is -0.507 e. The Balaban J connectivity index is 2.72. The van der Waals surface area contributed by atoms with Crippen molar-refractivity contribution >= 4 is 11.5 Å². The maximum atomic E-state index is 11.4. The monoisotopic (exact) mass is 204 g/mol. The largest absolute Gasteiger partial charge is 0.507 e. The average Bonchev–Trinajstić information content (AvgIpc) is 2.17. The molecule has 2 nitrogen and oxygen atoms in total. The average molecular weight is 204 g/mol. The van der Waals surface area contributed by atoms with Crippen LogP contribution in [0.5, 0.6) is 0 Å². The number of allylic oxidation sites excluding steroid dienone is 1. The molecule has 15 heavy (non-hydrogen) atoms. The zero-order valence-corrected chi connectivity index (χ0v) is 9.10. The highest BCUT2D eigenvalue weighted by Crippen LogP contribution is 2.11. The molecule has 0 saturated carbocycles. The summed E-state index contributed by atoms with van der Waals surface area (Å²) < 4.78 is 0. The summed E-state index contributed by atoms with van der Waals surface area (Å²) in [5, 5.41) is 9.64. The van der Waals surface area contributed by atoms with Gasteiger partial charge in [0.2, 0.25) is 0 Å². The predicted octanol–water partition coefficient (Wildman–Crippen LogP) is 3.20. The fourth-order valence-corrected chi connectivity index (χ4v) is 1.31. The number of carbonyl (C=O) groups excluding carboxylic acids is 1. The fraction of sp³-hybridized carbons (Fsp3) is 0.308. The van der Waals surface area contributed by atoms with E-state index in [9.17, 15) is 9.90 Å². The van der Waals surface area contributed by atoms with Crippen LogP contribution in [0.1, 0.15) is 25.8 Å². The van der Waals surface area contributed by atoms with E-state index in [0.29, 0.717) is 17.9 Å². The van der Waals surface area contributed by atoms with Crippen LogP contribution in [0.2, 0.25) is 0 Å². The standard InChI is InChI=1S/C13H16O2/c1-10(2)8-12(14)9-13(15)11-6-4-3-5-7-11/h3-7,9-10,15H,8H2,1-2H3/b13-9-. The molecule has 1 rings (SSSR count). The van der Waals surface area contributed by atoms with E-state index in [1.165, 1.54) is 6.08 Å². The maximum absolute atomic E-state index is 11.4. The van der Waals surface area contributed by atoms with Gasteiger partial charge in [0.25, 0.3) is 0 Å². The summed E-state index contributed by atoms with van der Waals surface area (Å²) in [5.41, 5.74) is 0.676. The van der Waals surface area contributed by atoms with E-state index in [4.69, 9.17) is 0 Å². The molecule has 1 aromatic carbocycles. The topological polar surface area (TPSA) is 37.3 Å². The van der Waals surface area contributed by atoms with Crippen LogP contribution in [0.25, 0.3) is 5.76 Å². The highest BCUT2D eigenvalue weighted by atomic mass is 16.3. The number of benzene rings is 1. The SMILES string of the molecule is CC(C)CC(=O)/C=C(\O)c1ccccc1. The van der Waals surface area contributed by atoms with Crippen molar-refractivity contribution in [2.24, 2.45) is 5.92 Å². The third kappa shape index (κ3) is 3.98. The van der Waals surface area contributed by atoms with Crippen molar-refractivity contribution in [1.82, 2.24) is 0 Å². The van der Waals surface area contributed by atoms with Crippen LogP contribution < -0.4 is 0 Å². The molecule has 0 unspecified atom stereocenters. The lowest BCUT2D eigenvalue weighted by Crippen LogP contribution is -2.00. The van der Waals surface area contributed by atoms with Crippen molar-refractivity contribution in [3.63, 3.8) is 0 Å². The van der Waals surface area contributed by atoms with Crippen LogP contribution in [0.4, 0.5) is 0 Å². The van der Waals surface area contributed by atoms with Crippen molar-refractivity contribution in [1.29, 1.82) is 0 Å². The second kappa shape index (κ2) is 5.35. The zero-order valence-electron chi connectivity index (χ0n) is 9.10. The fourth-order valence-electron chi connectivity index (χ4n) is 1.31. The number of rotatable bonds is 4. The van der Waals surface area contributed by atoms with Crippen molar-refractivity contribution in [2.75, 3.05) is 0 Å². The minimum atomic E-state index is -0.0358.